The molecule has 1 N–H and O–H groups in total. The quantitative estimate of drug-likeness (QED) is 0.340. The number of pyridine rings is 1. The SMILES string of the molecule is O=[N+]([O-])C=C1NCCN1Cc1ccc[n+]([O-])c1. The van der Waals surface area contributed by atoms with Crippen molar-refractivity contribution in [2.75, 3.05) is 13.1 Å². The fraction of sp³-hybridized carbons (Fsp3) is 0.300. The highest BCUT2D eigenvalue weighted by Gasteiger charge is 2.19. The van der Waals surface area contributed by atoms with Crippen molar-refractivity contribution in [3.63, 3.8) is 0 Å². The first-order valence-corrected chi connectivity index (χ1v) is 5.17. The minimum absolute atomic E-state index is 0.482. The molecule has 0 radical (unpaired) electrons. The van der Waals surface area contributed by atoms with Gasteiger partial charge in [0.1, 0.15) is 0 Å². The molecule has 7 heteroatoms. The summed E-state index contributed by atoms with van der Waals surface area (Å²) in [4.78, 5) is 11.8. The second kappa shape index (κ2) is 4.69. The second-order valence-electron chi connectivity index (χ2n) is 3.72. The molecule has 1 aliphatic rings. The molecule has 0 bridgehead atoms. The van der Waals surface area contributed by atoms with Gasteiger partial charge in [0.15, 0.2) is 18.2 Å². The Morgan fingerprint density at radius 2 is 2.47 bits per heavy atom. The Kier molecular flexibility index (Phi) is 3.08. The fourth-order valence-electron chi connectivity index (χ4n) is 1.76. The molecule has 1 saturated heterocycles. The minimum Gasteiger partial charge on any atom is -0.619 e. The van der Waals surface area contributed by atoms with E-state index in [9.17, 15) is 15.3 Å². The monoisotopic (exact) mass is 236 g/mol. The van der Waals surface area contributed by atoms with Crippen molar-refractivity contribution in [1.82, 2.24) is 10.2 Å². The Morgan fingerprint density at radius 3 is 3.18 bits per heavy atom. The molecule has 1 aromatic rings. The maximum Gasteiger partial charge on any atom is 0.274 e. The molecule has 2 heterocycles. The molecule has 0 atom stereocenters. The van der Waals surface area contributed by atoms with Crippen LogP contribution in [0.25, 0.3) is 0 Å². The molecule has 1 fully saturated rings. The van der Waals surface area contributed by atoms with Crippen molar-refractivity contribution >= 4 is 0 Å². The van der Waals surface area contributed by atoms with E-state index in [0.29, 0.717) is 25.5 Å². The van der Waals surface area contributed by atoms with E-state index < -0.39 is 4.92 Å². The Hall–Kier alpha value is -2.31. The van der Waals surface area contributed by atoms with E-state index in [-0.39, 0.29) is 0 Å². The number of nitrogens with one attached hydrogen (secondary N) is 1. The Balaban J connectivity index is 2.10. The van der Waals surface area contributed by atoms with E-state index in [0.717, 1.165) is 16.5 Å². The van der Waals surface area contributed by atoms with Crippen molar-refractivity contribution in [2.45, 2.75) is 6.54 Å². The first-order chi connectivity index (χ1) is 8.15. The van der Waals surface area contributed by atoms with Crippen LogP contribution in [0.2, 0.25) is 0 Å². The lowest BCUT2D eigenvalue weighted by atomic mass is 10.2. The number of nitro groups is 1. The molecule has 17 heavy (non-hydrogen) atoms. The lowest BCUT2D eigenvalue weighted by Gasteiger charge is -2.16. The molecule has 1 aromatic heterocycles. The normalized spacial score (nSPS) is 17.2. The van der Waals surface area contributed by atoms with Gasteiger partial charge in [-0.1, -0.05) is 0 Å². The summed E-state index contributed by atoms with van der Waals surface area (Å²) in [5.41, 5.74) is 0.820. The summed E-state index contributed by atoms with van der Waals surface area (Å²) in [6.07, 6.45) is 3.81. The van der Waals surface area contributed by atoms with Crippen LogP contribution in [-0.2, 0) is 6.54 Å². The van der Waals surface area contributed by atoms with Gasteiger partial charge < -0.3 is 15.4 Å². The molecule has 1 aliphatic heterocycles. The number of hydrogen-bond acceptors (Lipinski definition) is 5. The average molecular weight is 236 g/mol. The third-order valence-corrected chi connectivity index (χ3v) is 2.47. The van der Waals surface area contributed by atoms with Crippen LogP contribution in [-0.4, -0.2) is 22.9 Å². The largest absolute Gasteiger partial charge is 0.619 e. The van der Waals surface area contributed by atoms with Gasteiger partial charge in [-0.2, -0.15) is 4.73 Å². The van der Waals surface area contributed by atoms with Crippen LogP contribution in [0.3, 0.4) is 0 Å². The maximum absolute atomic E-state index is 11.1. The molecule has 0 amide bonds. The zero-order valence-electron chi connectivity index (χ0n) is 9.07. The first-order valence-electron chi connectivity index (χ1n) is 5.17. The lowest BCUT2D eigenvalue weighted by molar-refractivity contribution is -0.605. The van der Waals surface area contributed by atoms with Crippen molar-refractivity contribution in [3.8, 4) is 0 Å². The van der Waals surface area contributed by atoms with Crippen molar-refractivity contribution in [1.29, 1.82) is 0 Å². The van der Waals surface area contributed by atoms with Gasteiger partial charge in [-0.05, 0) is 6.07 Å². The zero-order valence-corrected chi connectivity index (χ0v) is 9.07. The predicted octanol–water partition coefficient (Wildman–Crippen LogP) is -0.199. The molecular weight excluding hydrogens is 224 g/mol. The molecule has 90 valence electrons. The van der Waals surface area contributed by atoms with Gasteiger partial charge in [0.05, 0.1) is 11.5 Å². The molecule has 0 saturated carbocycles. The first kappa shape index (κ1) is 11.2. The Morgan fingerprint density at radius 1 is 1.65 bits per heavy atom. The van der Waals surface area contributed by atoms with Gasteiger partial charge in [0.2, 0.25) is 0 Å². The number of hydrogen-bond donors (Lipinski definition) is 1. The van der Waals surface area contributed by atoms with E-state index in [1.165, 1.54) is 12.4 Å². The standard InChI is InChI=1S/C10H12N4O3/c15-13-4-1-2-9(7-13)6-12-5-3-11-10(12)8-14(16)17/h1-2,4,7-8,11H,3,5-6H2. The smallest absolute Gasteiger partial charge is 0.274 e. The molecule has 0 unspecified atom stereocenters. The van der Waals surface area contributed by atoms with E-state index in [1.54, 1.807) is 6.07 Å². The van der Waals surface area contributed by atoms with Crippen LogP contribution < -0.4 is 10.0 Å². The highest BCUT2D eigenvalue weighted by Crippen LogP contribution is 2.11. The maximum atomic E-state index is 11.1. The van der Waals surface area contributed by atoms with Gasteiger partial charge in [-0.3, -0.25) is 10.1 Å². The second-order valence-corrected chi connectivity index (χ2v) is 3.72. The van der Waals surface area contributed by atoms with Crippen LogP contribution in [0.4, 0.5) is 0 Å². The Bertz CT molecular complexity index is 461. The molecule has 0 spiro atoms. The third-order valence-electron chi connectivity index (χ3n) is 2.47. The van der Waals surface area contributed by atoms with Gasteiger partial charge in [0, 0.05) is 24.7 Å². The van der Waals surface area contributed by atoms with Crippen LogP contribution in [0, 0.1) is 15.3 Å². The average Bonchev–Trinajstić information content (AvgIpc) is 2.65. The number of rotatable bonds is 3. The van der Waals surface area contributed by atoms with E-state index >= 15 is 0 Å². The summed E-state index contributed by atoms with van der Waals surface area (Å²) < 4.78 is 0.718. The highest BCUT2D eigenvalue weighted by atomic mass is 16.6. The number of nitrogens with zero attached hydrogens (tertiary/aromatic N) is 3. The molecule has 0 aromatic carbocycles. The van der Waals surface area contributed by atoms with Crippen molar-refractivity contribution in [2.24, 2.45) is 0 Å². The number of aromatic nitrogens is 1. The minimum atomic E-state index is -0.487. The van der Waals surface area contributed by atoms with Gasteiger partial charge in [-0.25, -0.2) is 0 Å². The highest BCUT2D eigenvalue weighted by molar-refractivity contribution is 5.09. The molecular formula is C10H12N4O3. The molecule has 7 nitrogen and oxygen atoms in total. The summed E-state index contributed by atoms with van der Waals surface area (Å²) in [6.45, 7) is 1.84. The van der Waals surface area contributed by atoms with Gasteiger partial charge in [0.25, 0.3) is 6.20 Å². The predicted molar refractivity (Wildman–Crippen MR) is 58.9 cm³/mol. The topological polar surface area (TPSA) is 85.4 Å². The molecule has 0 aliphatic carbocycles. The third kappa shape index (κ3) is 2.83. The summed E-state index contributed by atoms with van der Waals surface area (Å²) in [6, 6.07) is 3.47. The van der Waals surface area contributed by atoms with Crippen molar-refractivity contribution < 1.29 is 9.65 Å². The van der Waals surface area contributed by atoms with Crippen LogP contribution in [0.1, 0.15) is 5.56 Å². The summed E-state index contributed by atoms with van der Waals surface area (Å²) in [7, 11) is 0. The van der Waals surface area contributed by atoms with Crippen molar-refractivity contribution in [3.05, 3.63) is 57.4 Å². The Labute approximate surface area is 97.7 Å². The van der Waals surface area contributed by atoms with E-state index in [4.69, 9.17) is 0 Å². The zero-order chi connectivity index (χ0) is 12.3. The van der Waals surface area contributed by atoms with E-state index in [1.807, 2.05) is 11.0 Å². The van der Waals surface area contributed by atoms with Crippen LogP contribution in [0.5, 0.6) is 0 Å². The van der Waals surface area contributed by atoms with E-state index in [2.05, 4.69) is 5.32 Å². The van der Waals surface area contributed by atoms with Gasteiger partial charge in [-0.15, -0.1) is 0 Å². The molecule has 2 rings (SSSR count). The fourth-order valence-corrected chi connectivity index (χ4v) is 1.76. The summed E-state index contributed by atoms with van der Waals surface area (Å²) in [5.74, 6) is 0.483. The summed E-state index contributed by atoms with van der Waals surface area (Å²) >= 11 is 0. The van der Waals surface area contributed by atoms with Crippen LogP contribution in [0.15, 0.2) is 36.5 Å². The van der Waals surface area contributed by atoms with Crippen LogP contribution >= 0.6 is 0 Å². The summed E-state index contributed by atoms with van der Waals surface area (Å²) in [5, 5.41) is 24.4. The van der Waals surface area contributed by atoms with Gasteiger partial charge >= 0.3 is 0 Å². The lowest BCUT2D eigenvalue weighted by Crippen LogP contribution is -2.27.